The molecule has 3 aromatic rings. The summed E-state index contributed by atoms with van der Waals surface area (Å²) in [6, 6.07) is 9.60. The number of pyridine rings is 1. The van der Waals surface area contributed by atoms with Gasteiger partial charge in [-0.05, 0) is 12.1 Å². The van der Waals surface area contributed by atoms with Gasteiger partial charge >= 0.3 is 0 Å². The van der Waals surface area contributed by atoms with Crippen LogP contribution in [0.5, 0.6) is 0 Å². The van der Waals surface area contributed by atoms with E-state index in [2.05, 4.69) is 15.0 Å². The Bertz CT molecular complexity index is 773. The number of rotatable bonds is 3. The zero-order chi connectivity index (χ0) is 13.9. The molecule has 98 valence electrons. The molecule has 2 aromatic heterocycles. The van der Waals surface area contributed by atoms with Gasteiger partial charge in [0.05, 0.1) is 5.52 Å². The van der Waals surface area contributed by atoms with Gasteiger partial charge in [0, 0.05) is 28.2 Å². The van der Waals surface area contributed by atoms with Crippen molar-refractivity contribution in [1.82, 2.24) is 15.0 Å². The van der Waals surface area contributed by atoms with Gasteiger partial charge in [0.1, 0.15) is 17.2 Å². The first-order chi connectivity index (χ1) is 9.75. The molecular weight excluding hydrogens is 270 g/mol. The number of hydrogen-bond acceptors (Lipinski definition) is 5. The summed E-state index contributed by atoms with van der Waals surface area (Å²) in [5, 5.41) is 9.48. The summed E-state index contributed by atoms with van der Waals surface area (Å²) in [4.78, 5) is 13.3. The van der Waals surface area contributed by atoms with E-state index in [1.165, 1.54) is 18.1 Å². The van der Waals surface area contributed by atoms with E-state index in [4.69, 9.17) is 11.1 Å². The molecule has 0 saturated heterocycles. The third kappa shape index (κ3) is 2.33. The minimum atomic E-state index is -0.000177. The molecule has 0 fully saturated rings. The predicted octanol–water partition coefficient (Wildman–Crippen LogP) is 2.46. The van der Waals surface area contributed by atoms with Crippen LogP contribution in [0, 0.1) is 5.41 Å². The normalized spacial score (nSPS) is 10.6. The number of nitrogen functional groups attached to an aromatic ring is 1. The third-order valence-electron chi connectivity index (χ3n) is 2.78. The Morgan fingerprint density at radius 2 is 2.00 bits per heavy atom. The van der Waals surface area contributed by atoms with Crippen LogP contribution in [0.15, 0.2) is 59.0 Å². The lowest BCUT2D eigenvalue weighted by Crippen LogP contribution is -2.13. The molecule has 0 spiro atoms. The first-order valence-corrected chi connectivity index (χ1v) is 6.73. The molecule has 0 aliphatic rings. The molecule has 0 amide bonds. The molecule has 0 atom stereocenters. The number of aromatic nitrogens is 3. The quantitative estimate of drug-likeness (QED) is 0.437. The van der Waals surface area contributed by atoms with Crippen LogP contribution < -0.4 is 5.73 Å². The summed E-state index contributed by atoms with van der Waals surface area (Å²) < 4.78 is 0. The Hall–Kier alpha value is -2.47. The van der Waals surface area contributed by atoms with Crippen molar-refractivity contribution in [1.29, 1.82) is 5.41 Å². The lowest BCUT2D eigenvalue weighted by atomic mass is 10.1. The average Bonchev–Trinajstić information content (AvgIpc) is 2.48. The molecule has 0 saturated carbocycles. The molecule has 0 radical (unpaired) electrons. The second-order valence-electron chi connectivity index (χ2n) is 4.08. The minimum Gasteiger partial charge on any atom is -0.384 e. The summed E-state index contributed by atoms with van der Waals surface area (Å²) in [6.45, 7) is 0. The maximum atomic E-state index is 7.71. The van der Waals surface area contributed by atoms with Gasteiger partial charge in [-0.1, -0.05) is 30.0 Å². The van der Waals surface area contributed by atoms with E-state index in [0.717, 1.165) is 20.8 Å². The number of nitrogens with one attached hydrogen (secondary N) is 1. The zero-order valence-electron chi connectivity index (χ0n) is 10.4. The summed E-state index contributed by atoms with van der Waals surface area (Å²) in [5.74, 6) is -0.000177. The maximum Gasteiger partial charge on any atom is 0.125 e. The van der Waals surface area contributed by atoms with E-state index in [1.54, 1.807) is 12.4 Å². The number of fused-ring (bicyclic) bond motifs is 1. The van der Waals surface area contributed by atoms with Gasteiger partial charge in [-0.25, -0.2) is 9.97 Å². The Labute approximate surface area is 119 Å². The van der Waals surface area contributed by atoms with Crippen molar-refractivity contribution in [3.05, 3.63) is 54.6 Å². The van der Waals surface area contributed by atoms with Crippen LogP contribution in [0.2, 0.25) is 0 Å². The number of nitrogens with zero attached hydrogens (tertiary/aromatic N) is 3. The topological polar surface area (TPSA) is 88.5 Å². The second-order valence-corrected chi connectivity index (χ2v) is 5.11. The van der Waals surface area contributed by atoms with Gasteiger partial charge in [-0.2, -0.15) is 0 Å². The minimum absolute atomic E-state index is 0.000177. The molecule has 3 rings (SSSR count). The van der Waals surface area contributed by atoms with Crippen molar-refractivity contribution in [2.45, 2.75) is 9.92 Å². The van der Waals surface area contributed by atoms with E-state index >= 15 is 0 Å². The third-order valence-corrected chi connectivity index (χ3v) is 3.87. The largest absolute Gasteiger partial charge is 0.384 e. The van der Waals surface area contributed by atoms with Crippen molar-refractivity contribution in [2.75, 3.05) is 0 Å². The van der Waals surface area contributed by atoms with E-state index in [1.807, 2.05) is 30.3 Å². The van der Waals surface area contributed by atoms with E-state index in [-0.39, 0.29) is 5.84 Å². The SMILES string of the molecule is N=C(N)c1cnc2ccccc2c1Sc1ccncn1. The highest BCUT2D eigenvalue weighted by Crippen LogP contribution is 2.34. The Kier molecular flexibility index (Phi) is 3.30. The summed E-state index contributed by atoms with van der Waals surface area (Å²) in [6.07, 6.45) is 4.82. The molecule has 6 heteroatoms. The number of benzene rings is 1. The van der Waals surface area contributed by atoms with Crippen molar-refractivity contribution in [2.24, 2.45) is 5.73 Å². The summed E-state index contributed by atoms with van der Waals surface area (Å²) in [7, 11) is 0. The van der Waals surface area contributed by atoms with E-state index < -0.39 is 0 Å². The van der Waals surface area contributed by atoms with Crippen LogP contribution in [-0.2, 0) is 0 Å². The first kappa shape index (κ1) is 12.6. The smallest absolute Gasteiger partial charge is 0.125 e. The van der Waals surface area contributed by atoms with Crippen LogP contribution in [0.25, 0.3) is 10.9 Å². The van der Waals surface area contributed by atoms with Crippen LogP contribution in [0.1, 0.15) is 5.56 Å². The Morgan fingerprint density at radius 3 is 2.75 bits per heavy atom. The van der Waals surface area contributed by atoms with E-state index in [0.29, 0.717) is 5.56 Å². The fourth-order valence-corrected chi connectivity index (χ4v) is 2.85. The average molecular weight is 281 g/mol. The van der Waals surface area contributed by atoms with Gasteiger partial charge < -0.3 is 5.73 Å². The van der Waals surface area contributed by atoms with Gasteiger partial charge in [-0.3, -0.25) is 10.4 Å². The molecule has 0 aliphatic carbocycles. The van der Waals surface area contributed by atoms with Crippen LogP contribution >= 0.6 is 11.8 Å². The lowest BCUT2D eigenvalue weighted by Gasteiger charge is -2.10. The van der Waals surface area contributed by atoms with Crippen molar-refractivity contribution < 1.29 is 0 Å². The Morgan fingerprint density at radius 1 is 1.15 bits per heavy atom. The van der Waals surface area contributed by atoms with Crippen molar-refractivity contribution in [3.63, 3.8) is 0 Å². The van der Waals surface area contributed by atoms with E-state index in [9.17, 15) is 0 Å². The van der Waals surface area contributed by atoms with Crippen molar-refractivity contribution >= 4 is 28.5 Å². The molecule has 1 aromatic carbocycles. The highest BCUT2D eigenvalue weighted by molar-refractivity contribution is 7.99. The van der Waals surface area contributed by atoms with Gasteiger partial charge in [0.15, 0.2) is 0 Å². The maximum absolute atomic E-state index is 7.71. The molecule has 0 aliphatic heterocycles. The number of nitrogens with two attached hydrogens (primary N) is 1. The fourth-order valence-electron chi connectivity index (χ4n) is 1.86. The predicted molar refractivity (Wildman–Crippen MR) is 78.9 cm³/mol. The van der Waals surface area contributed by atoms with Gasteiger partial charge in [-0.15, -0.1) is 0 Å². The summed E-state index contributed by atoms with van der Waals surface area (Å²) in [5.41, 5.74) is 7.14. The molecule has 2 heterocycles. The number of hydrogen-bond donors (Lipinski definition) is 2. The van der Waals surface area contributed by atoms with Crippen LogP contribution in [0.3, 0.4) is 0 Å². The molecular formula is C14H11N5S. The lowest BCUT2D eigenvalue weighted by molar-refractivity contribution is 1.05. The standard InChI is InChI=1S/C14H11N5S/c15-14(16)10-7-18-11-4-2-1-3-9(11)13(10)20-12-5-6-17-8-19-12/h1-8H,(H3,15,16). The molecule has 0 bridgehead atoms. The van der Waals surface area contributed by atoms with Crippen LogP contribution in [0.4, 0.5) is 0 Å². The molecule has 20 heavy (non-hydrogen) atoms. The van der Waals surface area contributed by atoms with Gasteiger partial charge in [0.2, 0.25) is 0 Å². The van der Waals surface area contributed by atoms with Crippen LogP contribution in [-0.4, -0.2) is 20.8 Å². The monoisotopic (exact) mass is 281 g/mol. The molecule has 0 unspecified atom stereocenters. The first-order valence-electron chi connectivity index (χ1n) is 5.91. The van der Waals surface area contributed by atoms with Crippen molar-refractivity contribution in [3.8, 4) is 0 Å². The highest BCUT2D eigenvalue weighted by atomic mass is 32.2. The Balaban J connectivity index is 2.20. The zero-order valence-corrected chi connectivity index (χ0v) is 11.3. The fraction of sp³-hybridized carbons (Fsp3) is 0. The second kappa shape index (κ2) is 5.26. The molecule has 5 nitrogen and oxygen atoms in total. The number of para-hydroxylation sites is 1. The number of amidine groups is 1. The summed E-state index contributed by atoms with van der Waals surface area (Å²) >= 11 is 1.46. The molecule has 3 N–H and O–H groups in total. The highest BCUT2D eigenvalue weighted by Gasteiger charge is 2.12. The van der Waals surface area contributed by atoms with Gasteiger partial charge in [0.25, 0.3) is 0 Å².